The molecule has 2 aromatic carbocycles. The number of methoxy groups -OCH3 is 1. The molecule has 0 bridgehead atoms. The molecule has 0 aliphatic carbocycles. The number of nitrogens with two attached hydrogens (primary N) is 1. The summed E-state index contributed by atoms with van der Waals surface area (Å²) in [4.78, 5) is 27.1. The van der Waals surface area contributed by atoms with Gasteiger partial charge >= 0.3 is 5.69 Å². The van der Waals surface area contributed by atoms with Gasteiger partial charge in [0, 0.05) is 11.6 Å². The zero-order valence-corrected chi connectivity index (χ0v) is 17.1. The van der Waals surface area contributed by atoms with Gasteiger partial charge in [0.25, 0.3) is 0 Å². The van der Waals surface area contributed by atoms with Crippen molar-refractivity contribution in [1.82, 2.24) is 10.4 Å². The van der Waals surface area contributed by atoms with E-state index in [9.17, 15) is 14.9 Å². The first-order valence-electron chi connectivity index (χ1n) is 8.87. The third-order valence-electron chi connectivity index (χ3n) is 4.00. The van der Waals surface area contributed by atoms with Crippen LogP contribution in [-0.2, 0) is 11.2 Å². The van der Waals surface area contributed by atoms with Gasteiger partial charge in [-0.1, -0.05) is 17.4 Å². The van der Waals surface area contributed by atoms with E-state index in [1.165, 1.54) is 30.7 Å². The number of nitrogens with one attached hydrogen (secondary N) is 1. The number of anilines is 1. The van der Waals surface area contributed by atoms with E-state index in [1.807, 2.05) is 6.07 Å². The van der Waals surface area contributed by atoms with Crippen LogP contribution in [0.1, 0.15) is 18.1 Å². The number of rotatable bonds is 8. The topological polar surface area (TPSA) is 142 Å². The minimum atomic E-state index is -0.570. The molecule has 0 unspecified atom stereocenters. The Bertz CT molecular complexity index is 1130. The number of fused-ring (bicyclic) bond motifs is 1. The Morgan fingerprint density at radius 2 is 2.20 bits per heavy atom. The second-order valence-corrected chi connectivity index (χ2v) is 7.15. The first-order valence-corrected chi connectivity index (χ1v) is 9.69. The van der Waals surface area contributed by atoms with Crippen molar-refractivity contribution in [1.29, 1.82) is 0 Å². The number of hydrogen-bond acceptors (Lipinski definition) is 9. The summed E-state index contributed by atoms with van der Waals surface area (Å²) in [7, 11) is 1.33. The van der Waals surface area contributed by atoms with Crippen LogP contribution in [-0.4, -0.2) is 35.7 Å². The number of hydrogen-bond donors (Lipinski definition) is 2. The maximum Gasteiger partial charge on any atom is 0.315 e. The Labute approximate surface area is 175 Å². The average Bonchev–Trinajstić information content (AvgIpc) is 3.07. The molecule has 0 fully saturated rings. The molecular formula is C19H19N5O5S. The van der Waals surface area contributed by atoms with E-state index in [0.29, 0.717) is 17.3 Å². The standard InChI is InChI=1S/C19H19N5O5S/c1-3-29-15-7-12(6-14(24(26)27)18(15)28-2)10-21-23-17(25)9-11-4-5-13-16(8-11)30-19(20)22-13/h4-8,10H,3,9H2,1-2H3,(H2,20,22)(H,23,25)/b21-10-. The number of nitrogen functional groups attached to an aromatic ring is 1. The van der Waals surface area contributed by atoms with Gasteiger partial charge in [-0.2, -0.15) is 5.10 Å². The molecule has 10 nitrogen and oxygen atoms in total. The average molecular weight is 429 g/mol. The number of nitro benzene ring substituents is 1. The smallest absolute Gasteiger partial charge is 0.315 e. The number of hydrazone groups is 1. The number of amides is 1. The normalized spacial score (nSPS) is 11.0. The summed E-state index contributed by atoms with van der Waals surface area (Å²) in [5.74, 6) is -0.0858. The lowest BCUT2D eigenvalue weighted by Crippen LogP contribution is -2.19. The molecule has 3 rings (SSSR count). The molecule has 0 radical (unpaired) electrons. The predicted octanol–water partition coefficient (Wildman–Crippen LogP) is 2.89. The largest absolute Gasteiger partial charge is 0.490 e. The molecule has 3 aromatic rings. The van der Waals surface area contributed by atoms with Gasteiger partial charge < -0.3 is 15.2 Å². The summed E-state index contributed by atoms with van der Waals surface area (Å²) in [6.07, 6.45) is 1.41. The molecule has 1 aromatic heterocycles. The fraction of sp³-hybridized carbons (Fsp3) is 0.211. The highest BCUT2D eigenvalue weighted by atomic mass is 32.1. The van der Waals surface area contributed by atoms with Crippen molar-refractivity contribution in [3.05, 3.63) is 51.6 Å². The lowest BCUT2D eigenvalue weighted by atomic mass is 10.1. The van der Waals surface area contributed by atoms with E-state index in [4.69, 9.17) is 15.2 Å². The summed E-state index contributed by atoms with van der Waals surface area (Å²) in [6, 6.07) is 8.30. The number of carbonyl (C=O) groups excluding carboxylic acids is 1. The maximum atomic E-state index is 12.2. The monoisotopic (exact) mass is 429 g/mol. The maximum absolute atomic E-state index is 12.2. The predicted molar refractivity (Wildman–Crippen MR) is 114 cm³/mol. The number of aromatic nitrogens is 1. The Kier molecular flexibility index (Phi) is 6.42. The Balaban J connectivity index is 1.71. The molecule has 1 amide bonds. The van der Waals surface area contributed by atoms with Gasteiger partial charge in [-0.15, -0.1) is 0 Å². The van der Waals surface area contributed by atoms with Crippen LogP contribution in [0.3, 0.4) is 0 Å². The van der Waals surface area contributed by atoms with Crippen molar-refractivity contribution in [2.24, 2.45) is 5.10 Å². The van der Waals surface area contributed by atoms with E-state index in [-0.39, 0.29) is 29.5 Å². The molecule has 156 valence electrons. The Morgan fingerprint density at radius 3 is 2.90 bits per heavy atom. The van der Waals surface area contributed by atoms with Crippen LogP contribution >= 0.6 is 11.3 Å². The van der Waals surface area contributed by atoms with Crippen molar-refractivity contribution >= 4 is 44.5 Å². The van der Waals surface area contributed by atoms with Crippen molar-refractivity contribution in [3.63, 3.8) is 0 Å². The number of carbonyl (C=O) groups is 1. The molecule has 0 atom stereocenters. The first-order chi connectivity index (χ1) is 14.4. The van der Waals surface area contributed by atoms with Gasteiger partial charge in [-0.25, -0.2) is 10.4 Å². The van der Waals surface area contributed by atoms with Crippen LogP contribution in [0, 0.1) is 10.1 Å². The summed E-state index contributed by atoms with van der Waals surface area (Å²) >= 11 is 1.35. The number of nitrogens with zero attached hydrogens (tertiary/aromatic N) is 3. The van der Waals surface area contributed by atoms with Crippen LogP contribution in [0.5, 0.6) is 11.5 Å². The highest BCUT2D eigenvalue weighted by molar-refractivity contribution is 7.22. The summed E-state index contributed by atoms with van der Waals surface area (Å²) in [5.41, 5.74) is 9.80. The van der Waals surface area contributed by atoms with Gasteiger partial charge in [0.05, 0.1) is 41.5 Å². The molecule has 0 spiro atoms. The molecule has 0 aliphatic heterocycles. The van der Waals surface area contributed by atoms with Gasteiger partial charge in [0.15, 0.2) is 10.9 Å². The van der Waals surface area contributed by atoms with Crippen molar-refractivity contribution in [3.8, 4) is 11.5 Å². The number of thiazole rings is 1. The summed E-state index contributed by atoms with van der Waals surface area (Å²) in [5, 5.41) is 15.7. The van der Waals surface area contributed by atoms with Gasteiger partial charge in [-0.05, 0) is 30.7 Å². The lowest BCUT2D eigenvalue weighted by molar-refractivity contribution is -0.385. The van der Waals surface area contributed by atoms with E-state index >= 15 is 0 Å². The number of ether oxygens (including phenoxy) is 2. The molecule has 0 saturated carbocycles. The Hall–Kier alpha value is -3.73. The fourth-order valence-corrected chi connectivity index (χ4v) is 3.58. The van der Waals surface area contributed by atoms with Crippen molar-refractivity contribution in [2.45, 2.75) is 13.3 Å². The van der Waals surface area contributed by atoms with E-state index in [0.717, 1.165) is 15.8 Å². The van der Waals surface area contributed by atoms with Gasteiger partial charge in [0.1, 0.15) is 0 Å². The van der Waals surface area contributed by atoms with Crippen LogP contribution in [0.4, 0.5) is 10.8 Å². The van der Waals surface area contributed by atoms with Crippen molar-refractivity contribution < 1.29 is 19.2 Å². The Morgan fingerprint density at radius 1 is 1.40 bits per heavy atom. The first kappa shape index (κ1) is 21.0. The number of benzene rings is 2. The zero-order chi connectivity index (χ0) is 21.7. The lowest BCUT2D eigenvalue weighted by Gasteiger charge is -2.10. The number of nitro groups is 1. The SMILES string of the molecule is CCOc1cc(/C=N\NC(=O)Cc2ccc3nc(N)sc3c2)cc([N+](=O)[O-])c1OC. The molecule has 0 aliphatic rings. The molecule has 3 N–H and O–H groups in total. The van der Waals surface area contributed by atoms with E-state index in [2.05, 4.69) is 15.5 Å². The molecule has 0 saturated heterocycles. The highest BCUT2D eigenvalue weighted by Crippen LogP contribution is 2.37. The highest BCUT2D eigenvalue weighted by Gasteiger charge is 2.21. The van der Waals surface area contributed by atoms with Crippen LogP contribution < -0.4 is 20.6 Å². The second kappa shape index (κ2) is 9.18. The molecule has 11 heteroatoms. The van der Waals surface area contributed by atoms with Crippen LogP contribution in [0.2, 0.25) is 0 Å². The second-order valence-electron chi connectivity index (χ2n) is 6.09. The zero-order valence-electron chi connectivity index (χ0n) is 16.2. The molecule has 30 heavy (non-hydrogen) atoms. The molecule has 1 heterocycles. The third-order valence-corrected chi connectivity index (χ3v) is 4.84. The van der Waals surface area contributed by atoms with Gasteiger partial charge in [-0.3, -0.25) is 14.9 Å². The quantitative estimate of drug-likeness (QED) is 0.318. The minimum absolute atomic E-state index is 0.0298. The van der Waals surface area contributed by atoms with Crippen LogP contribution in [0.15, 0.2) is 35.4 Å². The summed E-state index contributed by atoms with van der Waals surface area (Å²) < 4.78 is 11.4. The van der Waals surface area contributed by atoms with Crippen LogP contribution in [0.25, 0.3) is 10.2 Å². The van der Waals surface area contributed by atoms with Crippen molar-refractivity contribution in [2.75, 3.05) is 19.5 Å². The van der Waals surface area contributed by atoms with Gasteiger partial charge in [0.2, 0.25) is 11.7 Å². The summed E-state index contributed by atoms with van der Waals surface area (Å²) in [6.45, 7) is 2.06. The minimum Gasteiger partial charge on any atom is -0.490 e. The van der Waals surface area contributed by atoms with E-state index in [1.54, 1.807) is 25.1 Å². The third kappa shape index (κ3) is 4.81. The molecular weight excluding hydrogens is 410 g/mol. The van der Waals surface area contributed by atoms with E-state index < -0.39 is 4.92 Å². The fourth-order valence-electron chi connectivity index (χ4n) is 2.79.